The predicted octanol–water partition coefficient (Wildman–Crippen LogP) is 2.61. The molecule has 0 bridgehead atoms. The third-order valence-electron chi connectivity index (χ3n) is 2.89. The second-order valence-corrected chi connectivity index (χ2v) is 6.63. The van der Waals surface area contributed by atoms with E-state index in [0.29, 0.717) is 11.8 Å². The summed E-state index contributed by atoms with van der Waals surface area (Å²) >= 11 is 5.62. The van der Waals surface area contributed by atoms with Gasteiger partial charge in [-0.05, 0) is 18.8 Å². The Morgan fingerprint density at radius 2 is 1.69 bits per heavy atom. The number of rotatable bonds is 8. The van der Waals surface area contributed by atoms with E-state index in [-0.39, 0.29) is 17.7 Å². The quantitative estimate of drug-likeness (QED) is 0.689. The van der Waals surface area contributed by atoms with Crippen LogP contribution < -0.4 is 4.72 Å². The first-order valence-electron chi connectivity index (χ1n) is 5.92. The molecule has 1 N–H and O–H groups in total. The average Bonchev–Trinajstić information content (AvgIpc) is 2.17. The Morgan fingerprint density at radius 1 is 1.19 bits per heavy atom. The first-order chi connectivity index (χ1) is 7.36. The maximum Gasteiger partial charge on any atom is 0.212 e. The monoisotopic (exact) mass is 269 g/mol. The third kappa shape index (κ3) is 6.06. The summed E-state index contributed by atoms with van der Waals surface area (Å²) in [6.45, 7) is 7.94. The lowest BCUT2D eigenvalue weighted by molar-refractivity contribution is 0.390. The zero-order valence-corrected chi connectivity index (χ0v) is 12.2. The summed E-state index contributed by atoms with van der Waals surface area (Å²) in [6, 6.07) is 0.00234. The van der Waals surface area contributed by atoms with Gasteiger partial charge in [-0.25, -0.2) is 13.1 Å². The SMILES string of the molecule is CCC(CC)C(C)NS(=O)(=O)CC(C)CCl. The lowest BCUT2D eigenvalue weighted by atomic mass is 9.96. The van der Waals surface area contributed by atoms with Crippen molar-refractivity contribution in [1.82, 2.24) is 4.72 Å². The molecule has 0 saturated heterocycles. The van der Waals surface area contributed by atoms with E-state index < -0.39 is 10.0 Å². The van der Waals surface area contributed by atoms with Crippen LogP contribution in [0.2, 0.25) is 0 Å². The Kier molecular flexibility index (Phi) is 7.61. The topological polar surface area (TPSA) is 46.2 Å². The van der Waals surface area contributed by atoms with Crippen LogP contribution in [-0.4, -0.2) is 26.1 Å². The normalized spacial score (nSPS) is 16.4. The van der Waals surface area contributed by atoms with Gasteiger partial charge < -0.3 is 0 Å². The van der Waals surface area contributed by atoms with Gasteiger partial charge in [-0.2, -0.15) is 0 Å². The highest BCUT2D eigenvalue weighted by molar-refractivity contribution is 7.89. The van der Waals surface area contributed by atoms with Crippen LogP contribution in [0.3, 0.4) is 0 Å². The molecule has 0 aliphatic rings. The molecule has 0 rings (SSSR count). The van der Waals surface area contributed by atoms with Crippen molar-refractivity contribution in [2.75, 3.05) is 11.6 Å². The summed E-state index contributed by atoms with van der Waals surface area (Å²) in [7, 11) is -3.19. The van der Waals surface area contributed by atoms with Crippen molar-refractivity contribution < 1.29 is 8.42 Å². The minimum absolute atomic E-state index is 0.00234. The summed E-state index contributed by atoms with van der Waals surface area (Å²) in [5.41, 5.74) is 0. The molecular weight excluding hydrogens is 246 g/mol. The lowest BCUT2D eigenvalue weighted by Crippen LogP contribution is -2.40. The largest absolute Gasteiger partial charge is 0.212 e. The van der Waals surface area contributed by atoms with Crippen LogP contribution in [0.1, 0.15) is 40.5 Å². The maximum atomic E-state index is 11.8. The fraction of sp³-hybridized carbons (Fsp3) is 1.00. The summed E-state index contributed by atoms with van der Waals surface area (Å²) in [5, 5.41) is 0. The van der Waals surface area contributed by atoms with E-state index in [1.54, 1.807) is 0 Å². The number of hydrogen-bond acceptors (Lipinski definition) is 2. The summed E-state index contributed by atoms with van der Waals surface area (Å²) in [4.78, 5) is 0. The van der Waals surface area contributed by atoms with Crippen molar-refractivity contribution in [3.05, 3.63) is 0 Å². The van der Waals surface area contributed by atoms with Gasteiger partial charge in [0.1, 0.15) is 0 Å². The molecule has 0 radical (unpaired) electrons. The summed E-state index contributed by atoms with van der Waals surface area (Å²) in [5.74, 6) is 0.885. The molecule has 16 heavy (non-hydrogen) atoms. The Balaban J connectivity index is 4.35. The minimum Gasteiger partial charge on any atom is -0.212 e. The Morgan fingerprint density at radius 3 is 2.06 bits per heavy atom. The highest BCUT2D eigenvalue weighted by atomic mass is 35.5. The Hall–Kier alpha value is 0.200. The molecule has 98 valence electrons. The van der Waals surface area contributed by atoms with E-state index in [2.05, 4.69) is 18.6 Å². The van der Waals surface area contributed by atoms with Crippen LogP contribution in [0.5, 0.6) is 0 Å². The highest BCUT2D eigenvalue weighted by Crippen LogP contribution is 2.14. The molecule has 0 aromatic heterocycles. The van der Waals surface area contributed by atoms with Crippen LogP contribution in [0.15, 0.2) is 0 Å². The van der Waals surface area contributed by atoms with Gasteiger partial charge in [0.15, 0.2) is 0 Å². The number of alkyl halides is 1. The number of halogens is 1. The summed E-state index contributed by atoms with van der Waals surface area (Å²) < 4.78 is 26.3. The first kappa shape index (κ1) is 16.2. The van der Waals surface area contributed by atoms with Crippen LogP contribution in [0.25, 0.3) is 0 Å². The van der Waals surface area contributed by atoms with Crippen molar-refractivity contribution >= 4 is 21.6 Å². The lowest BCUT2D eigenvalue weighted by Gasteiger charge is -2.23. The van der Waals surface area contributed by atoms with Gasteiger partial charge >= 0.3 is 0 Å². The number of sulfonamides is 1. The molecule has 5 heteroatoms. The molecular formula is C11H24ClNO2S. The molecule has 0 amide bonds. The van der Waals surface area contributed by atoms with Crippen molar-refractivity contribution in [2.45, 2.75) is 46.6 Å². The fourth-order valence-corrected chi connectivity index (χ4v) is 3.80. The fourth-order valence-electron chi connectivity index (χ4n) is 1.84. The van der Waals surface area contributed by atoms with Crippen molar-refractivity contribution in [1.29, 1.82) is 0 Å². The summed E-state index contributed by atoms with van der Waals surface area (Å²) in [6.07, 6.45) is 1.98. The number of hydrogen-bond donors (Lipinski definition) is 1. The van der Waals surface area contributed by atoms with Gasteiger partial charge in [-0.1, -0.05) is 33.6 Å². The standard InChI is InChI=1S/C11H24ClNO2S/c1-5-11(6-2)10(4)13-16(14,15)8-9(3)7-12/h9-11,13H,5-8H2,1-4H3. The van der Waals surface area contributed by atoms with Gasteiger partial charge in [0.05, 0.1) is 5.75 Å². The van der Waals surface area contributed by atoms with E-state index >= 15 is 0 Å². The van der Waals surface area contributed by atoms with Gasteiger partial charge in [0.2, 0.25) is 10.0 Å². The van der Waals surface area contributed by atoms with E-state index in [9.17, 15) is 8.42 Å². The van der Waals surface area contributed by atoms with Crippen LogP contribution in [0, 0.1) is 11.8 Å². The molecule has 0 aliphatic heterocycles. The molecule has 0 aromatic carbocycles. The minimum atomic E-state index is -3.19. The van der Waals surface area contributed by atoms with Crippen LogP contribution in [-0.2, 0) is 10.0 Å². The van der Waals surface area contributed by atoms with Crippen LogP contribution in [0.4, 0.5) is 0 Å². The zero-order valence-electron chi connectivity index (χ0n) is 10.7. The highest BCUT2D eigenvalue weighted by Gasteiger charge is 2.21. The van der Waals surface area contributed by atoms with Gasteiger partial charge in [0, 0.05) is 11.9 Å². The van der Waals surface area contributed by atoms with E-state index in [1.807, 2.05) is 13.8 Å². The molecule has 0 fully saturated rings. The maximum absolute atomic E-state index is 11.8. The predicted molar refractivity (Wildman–Crippen MR) is 70.3 cm³/mol. The number of nitrogens with one attached hydrogen (secondary N) is 1. The molecule has 0 aromatic rings. The van der Waals surface area contributed by atoms with Gasteiger partial charge in [-0.3, -0.25) is 0 Å². The van der Waals surface area contributed by atoms with E-state index in [0.717, 1.165) is 12.8 Å². The smallest absolute Gasteiger partial charge is 0.212 e. The molecule has 0 aliphatic carbocycles. The van der Waals surface area contributed by atoms with Crippen molar-refractivity contribution in [2.24, 2.45) is 11.8 Å². The molecule has 0 heterocycles. The molecule has 0 spiro atoms. The van der Waals surface area contributed by atoms with E-state index in [4.69, 9.17) is 11.6 Å². The molecule has 0 saturated carbocycles. The molecule has 2 unspecified atom stereocenters. The Bertz CT molecular complexity index is 276. The molecule has 2 atom stereocenters. The van der Waals surface area contributed by atoms with Crippen LogP contribution >= 0.6 is 11.6 Å². The van der Waals surface area contributed by atoms with E-state index in [1.165, 1.54) is 0 Å². The average molecular weight is 270 g/mol. The van der Waals surface area contributed by atoms with Crippen molar-refractivity contribution in [3.63, 3.8) is 0 Å². The Labute approximate surface area is 105 Å². The third-order valence-corrected chi connectivity index (χ3v) is 5.15. The second-order valence-electron chi connectivity index (χ2n) is 4.52. The molecule has 3 nitrogen and oxygen atoms in total. The first-order valence-corrected chi connectivity index (χ1v) is 8.10. The van der Waals surface area contributed by atoms with Gasteiger partial charge in [-0.15, -0.1) is 11.6 Å². The van der Waals surface area contributed by atoms with Gasteiger partial charge in [0.25, 0.3) is 0 Å². The zero-order chi connectivity index (χ0) is 12.8. The van der Waals surface area contributed by atoms with Crippen molar-refractivity contribution in [3.8, 4) is 0 Å². The second kappa shape index (κ2) is 7.51.